The van der Waals surface area contributed by atoms with Crippen molar-refractivity contribution in [3.05, 3.63) is 83.8 Å². The predicted octanol–water partition coefficient (Wildman–Crippen LogP) is 4.71. The van der Waals surface area contributed by atoms with Crippen molar-refractivity contribution in [1.29, 1.82) is 0 Å². The van der Waals surface area contributed by atoms with E-state index < -0.39 is 0 Å². The highest BCUT2D eigenvalue weighted by Gasteiger charge is 2.27. The van der Waals surface area contributed by atoms with Crippen molar-refractivity contribution in [3.8, 4) is 11.3 Å². The Hall–Kier alpha value is -3.81. The molecule has 176 valence electrons. The third kappa shape index (κ3) is 4.24. The first-order valence-corrected chi connectivity index (χ1v) is 12.0. The Morgan fingerprint density at radius 2 is 1.89 bits per heavy atom. The number of nitrogens with one attached hydrogen (secondary N) is 2. The molecule has 6 rings (SSSR count). The third-order valence-corrected chi connectivity index (χ3v) is 6.82. The lowest BCUT2D eigenvalue weighted by Gasteiger charge is -2.30. The van der Waals surface area contributed by atoms with E-state index in [0.717, 1.165) is 57.3 Å². The van der Waals surface area contributed by atoms with Gasteiger partial charge in [0.25, 0.3) is 0 Å². The molecule has 1 saturated heterocycles. The second-order valence-electron chi connectivity index (χ2n) is 9.20. The molecule has 35 heavy (non-hydrogen) atoms. The second kappa shape index (κ2) is 9.09. The minimum absolute atomic E-state index is 0.0582. The van der Waals surface area contributed by atoms with E-state index in [4.69, 9.17) is 9.72 Å². The number of nitrogens with zero attached hydrogens (tertiary/aromatic N) is 3. The Bertz CT molecular complexity index is 1500. The van der Waals surface area contributed by atoms with Gasteiger partial charge in [-0.25, -0.2) is 4.98 Å². The number of aromatic amines is 2. The normalized spacial score (nSPS) is 15.6. The highest BCUT2D eigenvalue weighted by atomic mass is 16.5. The lowest BCUT2D eigenvalue weighted by Crippen LogP contribution is -2.40. The summed E-state index contributed by atoms with van der Waals surface area (Å²) in [7, 11) is 0. The molecule has 0 radical (unpaired) electrons. The average molecular weight is 466 g/mol. The maximum absolute atomic E-state index is 13.9. The van der Waals surface area contributed by atoms with Crippen molar-refractivity contribution in [1.82, 2.24) is 25.1 Å². The highest BCUT2D eigenvalue weighted by Crippen LogP contribution is 2.31. The molecule has 0 aliphatic carbocycles. The lowest BCUT2D eigenvalue weighted by atomic mass is 9.91. The number of rotatable bonds is 6. The molecule has 1 aliphatic heterocycles. The number of carbonyl (C=O) groups is 1. The first-order chi connectivity index (χ1) is 17.2. The number of carbonyl (C=O) groups excluding carboxylic acids is 1. The molecule has 7 nitrogen and oxygen atoms in total. The minimum Gasteiger partial charge on any atom is -0.379 e. The molecule has 2 N–H and O–H groups in total. The highest BCUT2D eigenvalue weighted by molar-refractivity contribution is 6.07. The zero-order chi connectivity index (χ0) is 23.8. The topological polar surface area (TPSA) is 86.9 Å². The van der Waals surface area contributed by atoms with Gasteiger partial charge >= 0.3 is 0 Å². The van der Waals surface area contributed by atoms with E-state index in [-0.39, 0.29) is 11.7 Å². The van der Waals surface area contributed by atoms with Gasteiger partial charge in [-0.15, -0.1) is 0 Å². The first kappa shape index (κ1) is 21.7. The summed E-state index contributed by atoms with van der Waals surface area (Å²) in [5.41, 5.74) is 6.50. The zero-order valence-electron chi connectivity index (χ0n) is 19.6. The Kier molecular flexibility index (Phi) is 5.64. The third-order valence-electron chi connectivity index (χ3n) is 6.82. The summed E-state index contributed by atoms with van der Waals surface area (Å²) < 4.78 is 5.51. The second-order valence-corrected chi connectivity index (χ2v) is 9.20. The number of H-pyrrole nitrogens is 2. The molecule has 0 saturated carbocycles. The van der Waals surface area contributed by atoms with Crippen molar-refractivity contribution in [3.63, 3.8) is 0 Å². The van der Waals surface area contributed by atoms with Gasteiger partial charge in [0.15, 0.2) is 5.78 Å². The van der Waals surface area contributed by atoms with E-state index >= 15 is 0 Å². The summed E-state index contributed by atoms with van der Waals surface area (Å²) in [5, 5.41) is 8.51. The van der Waals surface area contributed by atoms with Gasteiger partial charge in [0.1, 0.15) is 5.69 Å². The molecule has 0 bridgehead atoms. The van der Waals surface area contributed by atoms with Crippen molar-refractivity contribution in [2.75, 3.05) is 32.8 Å². The molecule has 7 heteroatoms. The van der Waals surface area contributed by atoms with Crippen LogP contribution in [0.3, 0.4) is 0 Å². The van der Waals surface area contributed by atoms with Gasteiger partial charge in [-0.2, -0.15) is 0 Å². The lowest BCUT2D eigenvalue weighted by molar-refractivity contribution is 0.0344. The van der Waals surface area contributed by atoms with Crippen molar-refractivity contribution < 1.29 is 9.53 Å². The standard InChI is InChI=1S/C28H27N5O2/c1-18-3-2-4-20(13-18)23(17-33-9-11-35-12-10-33)28(34)26-15-21-14-22-25(16-24(21)30-26)31-32-27(22)19-5-7-29-8-6-19/h2-8,13-16,23,31-32H,9-12,17H2,1H3. The Labute approximate surface area is 203 Å². The largest absolute Gasteiger partial charge is 0.379 e. The number of hydrogen-bond acceptors (Lipinski definition) is 5. The summed E-state index contributed by atoms with van der Waals surface area (Å²) in [6.45, 7) is 5.81. The Morgan fingerprint density at radius 1 is 1.06 bits per heavy atom. The minimum atomic E-state index is -0.275. The van der Waals surface area contributed by atoms with Gasteiger partial charge in [0, 0.05) is 48.4 Å². The van der Waals surface area contributed by atoms with Crippen LogP contribution in [0.25, 0.3) is 33.1 Å². The SMILES string of the molecule is Cc1cccc(C(CN2CCOCC2)C(=O)c2cc3cc4c(-c5ccncc5)[nH][nH]c4cc3n2)c1. The molecule has 3 aromatic heterocycles. The smallest absolute Gasteiger partial charge is 0.189 e. The molecule has 5 aromatic rings. The maximum Gasteiger partial charge on any atom is 0.189 e. The molecular formula is C28H27N5O2. The summed E-state index contributed by atoms with van der Waals surface area (Å²) in [6, 6.07) is 18.2. The molecule has 4 heterocycles. The quantitative estimate of drug-likeness (QED) is 0.355. The number of benzene rings is 2. The summed E-state index contributed by atoms with van der Waals surface area (Å²) in [6.07, 6.45) is 3.56. The molecule has 1 atom stereocenters. The maximum atomic E-state index is 13.9. The van der Waals surface area contributed by atoms with Crippen LogP contribution < -0.4 is 0 Å². The predicted molar refractivity (Wildman–Crippen MR) is 137 cm³/mol. The van der Waals surface area contributed by atoms with Crippen molar-refractivity contribution in [2.24, 2.45) is 0 Å². The Balaban J connectivity index is 1.38. The van der Waals surface area contributed by atoms with E-state index in [1.165, 1.54) is 0 Å². The fraction of sp³-hybridized carbons (Fsp3) is 0.250. The fourth-order valence-corrected chi connectivity index (χ4v) is 4.95. The monoisotopic (exact) mass is 465 g/mol. The van der Waals surface area contributed by atoms with Crippen molar-refractivity contribution in [2.45, 2.75) is 12.8 Å². The van der Waals surface area contributed by atoms with Crippen LogP contribution in [0.1, 0.15) is 27.5 Å². The molecule has 0 spiro atoms. The number of morpholine rings is 1. The summed E-state index contributed by atoms with van der Waals surface area (Å²) in [4.78, 5) is 25.1. The number of fused-ring (bicyclic) bond motifs is 2. The van der Waals surface area contributed by atoms with E-state index in [2.05, 4.69) is 51.3 Å². The number of aryl methyl sites for hydroxylation is 1. The zero-order valence-corrected chi connectivity index (χ0v) is 19.6. The number of ketones is 1. The molecule has 1 unspecified atom stereocenters. The van der Waals surface area contributed by atoms with Crippen LogP contribution in [-0.4, -0.2) is 63.7 Å². The molecule has 1 aliphatic rings. The van der Waals surface area contributed by atoms with Gasteiger partial charge in [-0.3, -0.25) is 19.8 Å². The molecule has 2 aromatic carbocycles. The van der Waals surface area contributed by atoms with Gasteiger partial charge in [-0.1, -0.05) is 29.8 Å². The number of ether oxygens (including phenoxy) is 1. The van der Waals surface area contributed by atoms with Crippen LogP contribution in [0.2, 0.25) is 0 Å². The van der Waals surface area contributed by atoms with Crippen LogP contribution >= 0.6 is 0 Å². The van der Waals surface area contributed by atoms with Gasteiger partial charge in [-0.05, 0) is 42.8 Å². The number of aromatic nitrogens is 4. The Morgan fingerprint density at radius 3 is 2.69 bits per heavy atom. The summed E-state index contributed by atoms with van der Waals surface area (Å²) >= 11 is 0. The molecule has 0 amide bonds. The first-order valence-electron chi connectivity index (χ1n) is 12.0. The van der Waals surface area contributed by atoms with Crippen LogP contribution in [-0.2, 0) is 4.74 Å². The number of pyridine rings is 1. The molecular weight excluding hydrogens is 438 g/mol. The number of Topliss-reactive ketones (excluding diaryl/α,β-unsaturated/α-hetero) is 1. The number of hydrogen-bond donors (Lipinski definition) is 2. The van der Waals surface area contributed by atoms with E-state index in [1.54, 1.807) is 12.4 Å². The van der Waals surface area contributed by atoms with E-state index in [0.29, 0.717) is 25.5 Å². The van der Waals surface area contributed by atoms with Crippen LogP contribution in [0, 0.1) is 6.92 Å². The van der Waals surface area contributed by atoms with Gasteiger partial charge in [0.05, 0.1) is 35.9 Å². The van der Waals surface area contributed by atoms with Crippen LogP contribution in [0.15, 0.2) is 67.0 Å². The van der Waals surface area contributed by atoms with Crippen LogP contribution in [0.5, 0.6) is 0 Å². The molecule has 1 fully saturated rings. The van der Waals surface area contributed by atoms with Gasteiger partial charge in [0.2, 0.25) is 0 Å². The van der Waals surface area contributed by atoms with Crippen molar-refractivity contribution >= 4 is 27.6 Å². The average Bonchev–Trinajstić information content (AvgIpc) is 3.50. The van der Waals surface area contributed by atoms with Gasteiger partial charge < -0.3 is 9.84 Å². The summed E-state index contributed by atoms with van der Waals surface area (Å²) in [5.74, 6) is -0.217. The van der Waals surface area contributed by atoms with E-state index in [9.17, 15) is 4.79 Å². The fourth-order valence-electron chi connectivity index (χ4n) is 4.95. The van der Waals surface area contributed by atoms with Crippen LogP contribution in [0.4, 0.5) is 0 Å². The van der Waals surface area contributed by atoms with E-state index in [1.807, 2.05) is 30.3 Å².